The molecule has 0 radical (unpaired) electrons. The monoisotopic (exact) mass is 392 g/mol. The van der Waals surface area contributed by atoms with E-state index in [1.54, 1.807) is 12.1 Å². The minimum absolute atomic E-state index is 0.164. The summed E-state index contributed by atoms with van der Waals surface area (Å²) in [6.07, 6.45) is 0.266. The molecule has 0 spiro atoms. The van der Waals surface area contributed by atoms with Gasteiger partial charge >= 0.3 is 0 Å². The first kappa shape index (κ1) is 19.0. The lowest BCUT2D eigenvalue weighted by Gasteiger charge is -2.19. The second-order valence-electron chi connectivity index (χ2n) is 5.77. The molecule has 0 bridgehead atoms. The smallest absolute Gasteiger partial charge is 0.226 e. The molecule has 1 amide bonds. The third kappa shape index (κ3) is 4.68. The van der Waals surface area contributed by atoms with E-state index in [4.69, 9.17) is 30.5 Å². The molecule has 2 N–H and O–H groups in total. The van der Waals surface area contributed by atoms with Crippen LogP contribution in [-0.2, 0) is 4.79 Å². The van der Waals surface area contributed by atoms with Crippen LogP contribution in [0.4, 0.5) is 11.4 Å². The van der Waals surface area contributed by atoms with Gasteiger partial charge in [0.15, 0.2) is 11.5 Å². The molecule has 0 aliphatic carbocycles. The van der Waals surface area contributed by atoms with Crippen LogP contribution in [0.3, 0.4) is 0 Å². The zero-order valence-corrected chi connectivity index (χ0v) is 15.9. The molecule has 0 fully saturated rings. The van der Waals surface area contributed by atoms with Crippen molar-refractivity contribution in [1.29, 1.82) is 0 Å². The van der Waals surface area contributed by atoms with Crippen molar-refractivity contribution in [1.82, 2.24) is 0 Å². The van der Waals surface area contributed by atoms with Crippen molar-refractivity contribution in [3.63, 3.8) is 0 Å². The number of methoxy groups -OCH3 is 2. The van der Waals surface area contributed by atoms with Crippen LogP contribution in [0.1, 0.15) is 6.42 Å². The zero-order valence-electron chi connectivity index (χ0n) is 15.1. The first-order chi connectivity index (χ1) is 13.1. The van der Waals surface area contributed by atoms with Gasteiger partial charge in [0.05, 0.1) is 24.9 Å². The predicted octanol–water partition coefficient (Wildman–Crippen LogP) is 3.57. The van der Waals surface area contributed by atoms with Crippen LogP contribution in [0.25, 0.3) is 0 Å². The summed E-state index contributed by atoms with van der Waals surface area (Å²) in [5.41, 5.74) is 1.36. The van der Waals surface area contributed by atoms with Crippen LogP contribution in [0.2, 0.25) is 5.02 Å². The van der Waals surface area contributed by atoms with Crippen molar-refractivity contribution in [2.45, 2.75) is 6.42 Å². The minimum Gasteiger partial charge on any atom is -0.495 e. The van der Waals surface area contributed by atoms with Crippen molar-refractivity contribution < 1.29 is 23.7 Å². The lowest BCUT2D eigenvalue weighted by molar-refractivity contribution is -0.116. The van der Waals surface area contributed by atoms with Gasteiger partial charge in [0.1, 0.15) is 24.7 Å². The van der Waals surface area contributed by atoms with Gasteiger partial charge in [-0.15, -0.1) is 0 Å². The van der Waals surface area contributed by atoms with Gasteiger partial charge in [-0.25, -0.2) is 0 Å². The molecule has 27 heavy (non-hydrogen) atoms. The number of amides is 1. The van der Waals surface area contributed by atoms with E-state index < -0.39 is 0 Å². The minimum atomic E-state index is -0.164. The van der Waals surface area contributed by atoms with Gasteiger partial charge in [-0.05, 0) is 12.1 Å². The number of nitrogens with one attached hydrogen (secondary N) is 2. The molecule has 0 saturated heterocycles. The predicted molar refractivity (Wildman–Crippen MR) is 104 cm³/mol. The molecule has 144 valence electrons. The van der Waals surface area contributed by atoms with Gasteiger partial charge in [0, 0.05) is 36.9 Å². The van der Waals surface area contributed by atoms with Crippen LogP contribution >= 0.6 is 11.6 Å². The SMILES string of the molecule is COc1cc(NC(=O)CCNc2ccc3c(c2)OCCO3)c(OC)cc1Cl. The highest BCUT2D eigenvalue weighted by Crippen LogP contribution is 2.36. The van der Waals surface area contributed by atoms with Crippen molar-refractivity contribution in [2.24, 2.45) is 0 Å². The molecule has 1 aliphatic rings. The number of hydrogen-bond donors (Lipinski definition) is 2. The van der Waals surface area contributed by atoms with Crippen LogP contribution in [0.5, 0.6) is 23.0 Å². The normalized spacial score (nSPS) is 12.3. The highest BCUT2D eigenvalue weighted by molar-refractivity contribution is 6.32. The number of hydrogen-bond acceptors (Lipinski definition) is 6. The summed E-state index contributed by atoms with van der Waals surface area (Å²) in [6.45, 7) is 1.54. The second-order valence-corrected chi connectivity index (χ2v) is 6.18. The maximum absolute atomic E-state index is 12.3. The molecule has 0 aromatic heterocycles. The second kappa shape index (κ2) is 8.73. The third-order valence-corrected chi connectivity index (χ3v) is 4.27. The van der Waals surface area contributed by atoms with Crippen molar-refractivity contribution in [3.8, 4) is 23.0 Å². The van der Waals surface area contributed by atoms with Crippen molar-refractivity contribution >= 4 is 28.9 Å². The molecule has 2 aromatic carbocycles. The van der Waals surface area contributed by atoms with E-state index in [0.29, 0.717) is 47.7 Å². The molecule has 1 heterocycles. The molecule has 7 nitrogen and oxygen atoms in total. The first-order valence-corrected chi connectivity index (χ1v) is 8.83. The molecular formula is C19H21ClN2O5. The van der Waals surface area contributed by atoms with Gasteiger partial charge in [-0.3, -0.25) is 4.79 Å². The Bertz CT molecular complexity index is 828. The molecule has 1 aliphatic heterocycles. The fraction of sp³-hybridized carbons (Fsp3) is 0.316. The third-order valence-electron chi connectivity index (χ3n) is 3.97. The van der Waals surface area contributed by atoms with Gasteiger partial charge in [-0.2, -0.15) is 0 Å². The van der Waals surface area contributed by atoms with E-state index in [-0.39, 0.29) is 12.3 Å². The summed E-state index contributed by atoms with van der Waals surface area (Å²) in [7, 11) is 3.02. The number of carbonyl (C=O) groups is 1. The first-order valence-electron chi connectivity index (χ1n) is 8.45. The summed E-state index contributed by atoms with van der Waals surface area (Å²) < 4.78 is 21.5. The van der Waals surface area contributed by atoms with E-state index in [0.717, 1.165) is 11.4 Å². The standard InChI is InChI=1S/C19H21ClN2O5/c1-24-16-11-14(17(25-2)10-13(16)20)22-19(23)5-6-21-12-3-4-15-18(9-12)27-8-7-26-15/h3-4,9-11,21H,5-8H2,1-2H3,(H,22,23). The summed E-state index contributed by atoms with van der Waals surface area (Å²) in [6, 6.07) is 8.83. The molecule has 0 unspecified atom stereocenters. The Morgan fingerprint density at radius 2 is 1.81 bits per heavy atom. The molecule has 2 aromatic rings. The maximum atomic E-state index is 12.3. The Morgan fingerprint density at radius 1 is 1.07 bits per heavy atom. The van der Waals surface area contributed by atoms with Gasteiger partial charge in [-0.1, -0.05) is 11.6 Å². The molecule has 8 heteroatoms. The van der Waals surface area contributed by atoms with Crippen LogP contribution < -0.4 is 29.6 Å². The van der Waals surface area contributed by atoms with Gasteiger partial charge in [0.25, 0.3) is 0 Å². The summed E-state index contributed by atoms with van der Waals surface area (Å²) in [5.74, 6) is 2.20. The molecular weight excluding hydrogens is 372 g/mol. The average Bonchev–Trinajstić information content (AvgIpc) is 2.68. The number of benzene rings is 2. The summed E-state index contributed by atoms with van der Waals surface area (Å²) in [5, 5.41) is 6.42. The fourth-order valence-corrected chi connectivity index (χ4v) is 2.88. The van der Waals surface area contributed by atoms with Crippen molar-refractivity contribution in [2.75, 3.05) is 44.6 Å². The van der Waals surface area contributed by atoms with E-state index in [2.05, 4.69) is 10.6 Å². The lowest BCUT2D eigenvalue weighted by Crippen LogP contribution is -2.17. The van der Waals surface area contributed by atoms with Crippen LogP contribution in [-0.4, -0.2) is 39.9 Å². The van der Waals surface area contributed by atoms with Crippen LogP contribution in [0.15, 0.2) is 30.3 Å². The molecule has 0 saturated carbocycles. The van der Waals surface area contributed by atoms with Gasteiger partial charge < -0.3 is 29.6 Å². The zero-order chi connectivity index (χ0) is 19.2. The van der Waals surface area contributed by atoms with Crippen molar-refractivity contribution in [3.05, 3.63) is 35.4 Å². The van der Waals surface area contributed by atoms with Gasteiger partial charge in [0.2, 0.25) is 5.91 Å². The largest absolute Gasteiger partial charge is 0.495 e. The Labute approximate surface area is 162 Å². The summed E-state index contributed by atoms with van der Waals surface area (Å²) >= 11 is 6.07. The number of halogens is 1. The number of rotatable bonds is 7. The molecule has 3 rings (SSSR count). The Kier molecular flexibility index (Phi) is 6.13. The van der Waals surface area contributed by atoms with E-state index >= 15 is 0 Å². The van der Waals surface area contributed by atoms with E-state index in [9.17, 15) is 4.79 Å². The lowest BCUT2D eigenvalue weighted by atomic mass is 10.2. The van der Waals surface area contributed by atoms with Crippen LogP contribution in [0, 0.1) is 0 Å². The maximum Gasteiger partial charge on any atom is 0.226 e. The highest BCUT2D eigenvalue weighted by Gasteiger charge is 2.14. The Morgan fingerprint density at radius 3 is 2.56 bits per heavy atom. The average molecular weight is 393 g/mol. The molecule has 0 atom stereocenters. The number of fused-ring (bicyclic) bond motifs is 1. The number of carbonyl (C=O) groups excluding carboxylic acids is 1. The highest BCUT2D eigenvalue weighted by atomic mass is 35.5. The number of ether oxygens (including phenoxy) is 4. The Hall–Kier alpha value is -2.80. The fourth-order valence-electron chi connectivity index (χ4n) is 2.64. The Balaban J connectivity index is 1.56. The summed E-state index contributed by atoms with van der Waals surface area (Å²) in [4.78, 5) is 12.3. The van der Waals surface area contributed by atoms with E-state index in [1.807, 2.05) is 18.2 Å². The van der Waals surface area contributed by atoms with E-state index in [1.165, 1.54) is 14.2 Å². The topological polar surface area (TPSA) is 78.1 Å². The quantitative estimate of drug-likeness (QED) is 0.750. The number of anilines is 2.